The minimum Gasteiger partial charge on any atom is -0.385 e. The molecule has 22 heavy (non-hydrogen) atoms. The van der Waals surface area contributed by atoms with Gasteiger partial charge in [0.25, 0.3) is 5.91 Å². The van der Waals surface area contributed by atoms with E-state index in [1.54, 1.807) is 37.8 Å². The molecular formula is C16H20N4O2. The summed E-state index contributed by atoms with van der Waals surface area (Å²) in [5, 5.41) is 6.02. The molecule has 0 aliphatic heterocycles. The Morgan fingerprint density at radius 1 is 1.23 bits per heavy atom. The zero-order chi connectivity index (χ0) is 15.6. The summed E-state index contributed by atoms with van der Waals surface area (Å²) < 4.78 is 4.93. The van der Waals surface area contributed by atoms with Crippen LogP contribution in [0.2, 0.25) is 0 Å². The normalized spacial score (nSPS) is 10.2. The fraction of sp³-hybridized carbons (Fsp3) is 0.312. The van der Waals surface area contributed by atoms with Crippen molar-refractivity contribution in [2.45, 2.75) is 13.0 Å². The van der Waals surface area contributed by atoms with Crippen molar-refractivity contribution in [1.82, 2.24) is 15.3 Å². The van der Waals surface area contributed by atoms with Gasteiger partial charge in [0.1, 0.15) is 5.82 Å². The summed E-state index contributed by atoms with van der Waals surface area (Å²) in [6.07, 6.45) is 5.87. The highest BCUT2D eigenvalue weighted by atomic mass is 16.5. The molecule has 1 amide bonds. The molecule has 0 aromatic carbocycles. The monoisotopic (exact) mass is 300 g/mol. The molecule has 2 aromatic heterocycles. The van der Waals surface area contributed by atoms with Crippen LogP contribution in [-0.4, -0.2) is 36.1 Å². The van der Waals surface area contributed by atoms with Crippen molar-refractivity contribution >= 4 is 11.7 Å². The topological polar surface area (TPSA) is 76.1 Å². The molecule has 0 aliphatic rings. The van der Waals surface area contributed by atoms with Gasteiger partial charge in [0.2, 0.25) is 0 Å². The molecule has 2 rings (SSSR count). The number of rotatable bonds is 8. The number of nitrogens with one attached hydrogen (secondary N) is 2. The van der Waals surface area contributed by atoms with E-state index in [2.05, 4.69) is 20.6 Å². The lowest BCUT2D eigenvalue weighted by Gasteiger charge is -2.07. The van der Waals surface area contributed by atoms with Gasteiger partial charge in [-0.2, -0.15) is 0 Å². The van der Waals surface area contributed by atoms with Crippen LogP contribution in [-0.2, 0) is 11.3 Å². The van der Waals surface area contributed by atoms with Crippen LogP contribution >= 0.6 is 0 Å². The summed E-state index contributed by atoms with van der Waals surface area (Å²) >= 11 is 0. The van der Waals surface area contributed by atoms with Crippen molar-refractivity contribution < 1.29 is 9.53 Å². The maximum atomic E-state index is 11.9. The zero-order valence-electron chi connectivity index (χ0n) is 12.6. The molecule has 2 aromatic rings. The van der Waals surface area contributed by atoms with Gasteiger partial charge in [-0.15, -0.1) is 0 Å². The smallest absolute Gasteiger partial charge is 0.252 e. The molecule has 6 nitrogen and oxygen atoms in total. The molecule has 0 radical (unpaired) electrons. The van der Waals surface area contributed by atoms with E-state index in [9.17, 15) is 4.79 Å². The van der Waals surface area contributed by atoms with Gasteiger partial charge in [-0.1, -0.05) is 0 Å². The number of carbonyl (C=O) groups excluding carboxylic acids is 1. The quantitative estimate of drug-likeness (QED) is 0.728. The summed E-state index contributed by atoms with van der Waals surface area (Å²) in [5.74, 6) is 0.608. The minimum absolute atomic E-state index is 0.121. The first-order valence-electron chi connectivity index (χ1n) is 7.15. The standard InChI is InChI=1S/C16H20N4O2/c1-22-10-2-7-18-16(21)14-3-4-15(20-12-14)19-11-13-5-8-17-9-6-13/h3-6,8-9,12H,2,7,10-11H2,1H3,(H,18,21)(H,19,20). The summed E-state index contributed by atoms with van der Waals surface area (Å²) in [6.45, 7) is 1.89. The Hall–Kier alpha value is -2.47. The van der Waals surface area contributed by atoms with Crippen LogP contribution in [0.5, 0.6) is 0 Å². The highest BCUT2D eigenvalue weighted by molar-refractivity contribution is 5.94. The third-order valence-corrected chi connectivity index (χ3v) is 3.06. The molecule has 0 aliphatic carbocycles. The summed E-state index contributed by atoms with van der Waals surface area (Å²) in [6, 6.07) is 7.43. The van der Waals surface area contributed by atoms with Crippen LogP contribution in [0.1, 0.15) is 22.3 Å². The summed E-state index contributed by atoms with van der Waals surface area (Å²) in [5.41, 5.74) is 1.67. The largest absolute Gasteiger partial charge is 0.385 e. The minimum atomic E-state index is -0.121. The first-order chi connectivity index (χ1) is 10.8. The number of pyridine rings is 2. The van der Waals surface area contributed by atoms with Crippen molar-refractivity contribution in [3.05, 3.63) is 54.0 Å². The van der Waals surface area contributed by atoms with E-state index in [4.69, 9.17) is 4.74 Å². The van der Waals surface area contributed by atoms with Crippen LogP contribution in [0.4, 0.5) is 5.82 Å². The van der Waals surface area contributed by atoms with E-state index in [1.807, 2.05) is 12.1 Å². The maximum Gasteiger partial charge on any atom is 0.252 e. The second kappa shape index (κ2) is 8.74. The highest BCUT2D eigenvalue weighted by Crippen LogP contribution is 2.07. The number of ether oxygens (including phenoxy) is 1. The van der Waals surface area contributed by atoms with Crippen molar-refractivity contribution in [3.8, 4) is 0 Å². The number of aromatic nitrogens is 2. The molecule has 0 unspecified atom stereocenters. The molecule has 0 atom stereocenters. The van der Waals surface area contributed by atoms with Crippen molar-refractivity contribution in [3.63, 3.8) is 0 Å². The average molecular weight is 300 g/mol. The molecule has 2 heterocycles. The first kappa shape index (κ1) is 15.9. The van der Waals surface area contributed by atoms with Crippen LogP contribution in [0.25, 0.3) is 0 Å². The lowest BCUT2D eigenvalue weighted by atomic mass is 10.2. The molecule has 0 fully saturated rings. The SMILES string of the molecule is COCCCNC(=O)c1ccc(NCc2ccncc2)nc1. The fourth-order valence-electron chi connectivity index (χ4n) is 1.85. The molecule has 0 saturated heterocycles. The van der Waals surface area contributed by atoms with E-state index in [-0.39, 0.29) is 5.91 Å². The van der Waals surface area contributed by atoms with Gasteiger partial charge in [-0.05, 0) is 36.2 Å². The number of amides is 1. The Morgan fingerprint density at radius 2 is 2.05 bits per heavy atom. The van der Waals surface area contributed by atoms with Crippen molar-refractivity contribution in [2.75, 3.05) is 25.6 Å². The second-order valence-corrected chi connectivity index (χ2v) is 4.74. The van der Waals surface area contributed by atoms with E-state index < -0.39 is 0 Å². The third kappa shape index (κ3) is 5.14. The van der Waals surface area contributed by atoms with E-state index in [0.29, 0.717) is 25.3 Å². The van der Waals surface area contributed by atoms with Gasteiger partial charge in [0.15, 0.2) is 0 Å². The first-order valence-corrected chi connectivity index (χ1v) is 7.15. The van der Waals surface area contributed by atoms with Crippen molar-refractivity contribution in [1.29, 1.82) is 0 Å². The second-order valence-electron chi connectivity index (χ2n) is 4.74. The van der Waals surface area contributed by atoms with Crippen molar-refractivity contribution in [2.24, 2.45) is 0 Å². The number of methoxy groups -OCH3 is 1. The number of hydrogen-bond donors (Lipinski definition) is 2. The van der Waals surface area contributed by atoms with Gasteiger partial charge in [0, 0.05) is 45.4 Å². The Bertz CT molecular complexity index is 572. The number of hydrogen-bond acceptors (Lipinski definition) is 5. The predicted octanol–water partition coefficient (Wildman–Crippen LogP) is 1.85. The van der Waals surface area contributed by atoms with Crippen LogP contribution < -0.4 is 10.6 Å². The van der Waals surface area contributed by atoms with Crippen LogP contribution in [0.15, 0.2) is 42.9 Å². The van der Waals surface area contributed by atoms with E-state index in [0.717, 1.165) is 17.8 Å². The average Bonchev–Trinajstić information content (AvgIpc) is 2.58. The third-order valence-electron chi connectivity index (χ3n) is 3.06. The fourth-order valence-corrected chi connectivity index (χ4v) is 1.85. The number of nitrogens with zero attached hydrogens (tertiary/aromatic N) is 2. The Balaban J connectivity index is 1.81. The van der Waals surface area contributed by atoms with Gasteiger partial charge >= 0.3 is 0 Å². The maximum absolute atomic E-state index is 11.9. The van der Waals surface area contributed by atoms with Crippen LogP contribution in [0, 0.1) is 0 Å². The molecule has 0 saturated carbocycles. The lowest BCUT2D eigenvalue weighted by Crippen LogP contribution is -2.25. The van der Waals surface area contributed by atoms with Gasteiger partial charge in [0.05, 0.1) is 5.56 Å². The molecule has 0 bridgehead atoms. The molecular weight excluding hydrogens is 280 g/mol. The van der Waals surface area contributed by atoms with Crippen LogP contribution in [0.3, 0.4) is 0 Å². The van der Waals surface area contributed by atoms with E-state index in [1.165, 1.54) is 0 Å². The Labute approximate surface area is 129 Å². The van der Waals surface area contributed by atoms with Gasteiger partial charge in [-0.3, -0.25) is 9.78 Å². The van der Waals surface area contributed by atoms with Gasteiger partial charge in [-0.25, -0.2) is 4.98 Å². The number of anilines is 1. The van der Waals surface area contributed by atoms with Gasteiger partial charge < -0.3 is 15.4 Å². The molecule has 0 spiro atoms. The number of carbonyl (C=O) groups is 1. The zero-order valence-corrected chi connectivity index (χ0v) is 12.6. The Kier molecular flexibility index (Phi) is 6.32. The molecule has 116 valence electrons. The summed E-state index contributed by atoms with van der Waals surface area (Å²) in [7, 11) is 1.64. The lowest BCUT2D eigenvalue weighted by molar-refractivity contribution is 0.0948. The summed E-state index contributed by atoms with van der Waals surface area (Å²) in [4.78, 5) is 20.1. The Morgan fingerprint density at radius 3 is 2.73 bits per heavy atom. The van der Waals surface area contributed by atoms with E-state index >= 15 is 0 Å². The molecule has 6 heteroatoms. The molecule has 2 N–H and O–H groups in total. The highest BCUT2D eigenvalue weighted by Gasteiger charge is 2.05. The predicted molar refractivity (Wildman–Crippen MR) is 84.6 cm³/mol.